The number of carbonyl (C=O) groups is 5. The summed E-state index contributed by atoms with van der Waals surface area (Å²) >= 11 is 0. The van der Waals surface area contributed by atoms with Crippen LogP contribution >= 0.6 is 0 Å². The molecule has 0 saturated carbocycles. The Bertz CT molecular complexity index is 1280. The fraction of sp³-hybridized carbons (Fsp3) is 0.345. The molecule has 0 aliphatic carbocycles. The molecule has 0 spiro atoms. The standard InChI is InChI=1S/C29H31F2N3O7/c1-18(35)34-12-6-9-25(34)29(39)41-17-24(28(38)40-2)33-27(37)23(15-20-13-21(30)16-22(31)14-20)32-26(36)11-10-19-7-4-3-5-8-19/h3-5,7-8,10-11,13-14,16,23-25H,6,9,12,15,17H2,1-2H3,(H,32,36)(H,33,37)/b11-10+/t23-,24-,25?/m0/s1. The van der Waals surface area contributed by atoms with Gasteiger partial charge in [0.2, 0.25) is 17.7 Å². The zero-order chi connectivity index (χ0) is 29.9. The first kappa shape index (κ1) is 30.9. The SMILES string of the molecule is COC(=O)[C@H](COC(=O)C1CCCN1C(C)=O)NC(=O)[C@H](Cc1cc(F)cc(F)c1)NC(=O)/C=C/c1ccccc1. The van der Waals surface area contributed by atoms with Crippen molar-refractivity contribution in [2.45, 2.75) is 44.3 Å². The number of amides is 3. The lowest BCUT2D eigenvalue weighted by atomic mass is 10.0. The third-order valence-electron chi connectivity index (χ3n) is 6.35. The monoisotopic (exact) mass is 571 g/mol. The maximum absolute atomic E-state index is 13.8. The van der Waals surface area contributed by atoms with Gasteiger partial charge in [-0.3, -0.25) is 14.4 Å². The van der Waals surface area contributed by atoms with Gasteiger partial charge in [0.25, 0.3) is 0 Å². The summed E-state index contributed by atoms with van der Waals surface area (Å²) < 4.78 is 37.6. The van der Waals surface area contributed by atoms with Crippen molar-refractivity contribution in [3.63, 3.8) is 0 Å². The summed E-state index contributed by atoms with van der Waals surface area (Å²) in [6.45, 7) is 1.12. The van der Waals surface area contributed by atoms with Gasteiger partial charge >= 0.3 is 11.9 Å². The molecule has 3 rings (SSSR count). The minimum Gasteiger partial charge on any atom is -0.467 e. The van der Waals surface area contributed by atoms with Gasteiger partial charge in [-0.25, -0.2) is 18.4 Å². The molecule has 2 N–H and O–H groups in total. The third-order valence-corrected chi connectivity index (χ3v) is 6.35. The van der Waals surface area contributed by atoms with Crippen molar-refractivity contribution in [1.82, 2.24) is 15.5 Å². The predicted octanol–water partition coefficient (Wildman–Crippen LogP) is 1.92. The molecular weight excluding hydrogens is 540 g/mol. The van der Waals surface area contributed by atoms with Crippen molar-refractivity contribution in [2.75, 3.05) is 20.3 Å². The molecule has 41 heavy (non-hydrogen) atoms. The normalized spacial score (nSPS) is 16.1. The summed E-state index contributed by atoms with van der Waals surface area (Å²) in [5, 5.41) is 4.86. The Balaban J connectivity index is 1.74. The maximum atomic E-state index is 13.8. The van der Waals surface area contributed by atoms with Crippen LogP contribution in [0.3, 0.4) is 0 Å². The number of hydrogen-bond acceptors (Lipinski definition) is 7. The van der Waals surface area contributed by atoms with Gasteiger partial charge in [-0.1, -0.05) is 30.3 Å². The van der Waals surface area contributed by atoms with Crippen molar-refractivity contribution in [3.8, 4) is 0 Å². The van der Waals surface area contributed by atoms with E-state index in [1.807, 2.05) is 0 Å². The van der Waals surface area contributed by atoms with E-state index in [1.54, 1.807) is 30.3 Å². The van der Waals surface area contributed by atoms with E-state index in [2.05, 4.69) is 10.6 Å². The third kappa shape index (κ3) is 9.23. The van der Waals surface area contributed by atoms with E-state index in [0.29, 0.717) is 31.0 Å². The number of rotatable bonds is 11. The first-order valence-electron chi connectivity index (χ1n) is 12.9. The molecule has 1 fully saturated rings. The molecule has 0 aromatic heterocycles. The summed E-state index contributed by atoms with van der Waals surface area (Å²) in [7, 11) is 1.07. The van der Waals surface area contributed by atoms with Crippen molar-refractivity contribution in [1.29, 1.82) is 0 Å². The molecule has 1 aliphatic rings. The molecule has 0 bridgehead atoms. The minimum absolute atomic E-state index is 0.0709. The molecule has 10 nitrogen and oxygen atoms in total. The number of likely N-dealkylation sites (tertiary alicyclic amines) is 1. The summed E-state index contributed by atoms with van der Waals surface area (Å²) in [6, 6.07) is 7.90. The number of halogens is 2. The number of nitrogens with zero attached hydrogens (tertiary/aromatic N) is 1. The van der Waals surface area contributed by atoms with Gasteiger partial charge in [-0.15, -0.1) is 0 Å². The number of methoxy groups -OCH3 is 1. The average Bonchev–Trinajstić information content (AvgIpc) is 3.44. The number of ether oxygens (including phenoxy) is 2. The van der Waals surface area contributed by atoms with Crippen molar-refractivity contribution in [2.24, 2.45) is 0 Å². The lowest BCUT2D eigenvalue weighted by molar-refractivity contribution is -0.157. The van der Waals surface area contributed by atoms with Crippen LogP contribution in [0.4, 0.5) is 8.78 Å². The van der Waals surface area contributed by atoms with Crippen molar-refractivity contribution in [3.05, 3.63) is 77.4 Å². The number of nitrogens with one attached hydrogen (secondary N) is 2. The molecule has 218 valence electrons. The lowest BCUT2D eigenvalue weighted by Gasteiger charge is -2.24. The number of hydrogen-bond donors (Lipinski definition) is 2. The molecule has 0 radical (unpaired) electrons. The van der Waals surface area contributed by atoms with Crippen LogP contribution in [0.5, 0.6) is 0 Å². The Morgan fingerprint density at radius 2 is 1.71 bits per heavy atom. The van der Waals surface area contributed by atoms with E-state index in [1.165, 1.54) is 24.0 Å². The van der Waals surface area contributed by atoms with Gasteiger partial charge in [-0.05, 0) is 42.2 Å². The topological polar surface area (TPSA) is 131 Å². The van der Waals surface area contributed by atoms with Crippen molar-refractivity contribution < 1.29 is 42.2 Å². The van der Waals surface area contributed by atoms with Crippen LogP contribution < -0.4 is 10.6 Å². The maximum Gasteiger partial charge on any atom is 0.331 e. The molecule has 2 aromatic carbocycles. The highest BCUT2D eigenvalue weighted by Crippen LogP contribution is 2.18. The van der Waals surface area contributed by atoms with Crippen molar-refractivity contribution >= 4 is 35.7 Å². The summed E-state index contributed by atoms with van der Waals surface area (Å²) in [6.07, 6.45) is 3.37. The Morgan fingerprint density at radius 3 is 2.34 bits per heavy atom. The fourth-order valence-corrected chi connectivity index (χ4v) is 4.36. The zero-order valence-corrected chi connectivity index (χ0v) is 22.6. The van der Waals surface area contributed by atoms with E-state index in [9.17, 15) is 32.8 Å². The van der Waals surface area contributed by atoms with Gasteiger partial charge < -0.3 is 25.0 Å². The smallest absolute Gasteiger partial charge is 0.331 e. The first-order valence-corrected chi connectivity index (χ1v) is 12.9. The van der Waals surface area contributed by atoms with E-state index in [4.69, 9.17) is 9.47 Å². The van der Waals surface area contributed by atoms with Crippen LogP contribution in [-0.2, 0) is 39.9 Å². The summed E-state index contributed by atoms with van der Waals surface area (Å²) in [4.78, 5) is 64.1. The van der Waals surface area contributed by atoms with E-state index in [-0.39, 0.29) is 17.9 Å². The number of benzene rings is 2. The Hall–Kier alpha value is -4.61. The Morgan fingerprint density at radius 1 is 1.02 bits per heavy atom. The molecule has 2 aromatic rings. The average molecular weight is 572 g/mol. The predicted molar refractivity (Wildman–Crippen MR) is 143 cm³/mol. The van der Waals surface area contributed by atoms with Crippen LogP contribution in [0.25, 0.3) is 6.08 Å². The first-order chi connectivity index (χ1) is 19.6. The number of carbonyl (C=O) groups excluding carboxylic acids is 5. The highest BCUT2D eigenvalue weighted by molar-refractivity contribution is 5.96. The molecule has 1 unspecified atom stereocenters. The fourth-order valence-electron chi connectivity index (χ4n) is 4.36. The van der Waals surface area contributed by atoms with Crippen LogP contribution in [0, 0.1) is 11.6 Å². The van der Waals surface area contributed by atoms with Gasteiger partial charge in [0.1, 0.15) is 30.3 Å². The summed E-state index contributed by atoms with van der Waals surface area (Å²) in [5.41, 5.74) is 0.788. The van der Waals surface area contributed by atoms with Crippen LogP contribution in [0.15, 0.2) is 54.6 Å². The van der Waals surface area contributed by atoms with Gasteiger partial charge in [0.15, 0.2) is 6.04 Å². The second kappa shape index (κ2) is 14.7. The second-order valence-electron chi connectivity index (χ2n) is 9.37. The molecule has 1 aliphatic heterocycles. The van der Waals surface area contributed by atoms with Crippen LogP contribution in [-0.4, -0.2) is 72.9 Å². The lowest BCUT2D eigenvalue weighted by Crippen LogP contribution is -2.54. The van der Waals surface area contributed by atoms with Gasteiger partial charge in [-0.2, -0.15) is 0 Å². The molecule has 12 heteroatoms. The second-order valence-corrected chi connectivity index (χ2v) is 9.37. The van der Waals surface area contributed by atoms with Gasteiger partial charge in [0.05, 0.1) is 7.11 Å². The molecule has 3 amide bonds. The van der Waals surface area contributed by atoms with E-state index < -0.39 is 60.1 Å². The van der Waals surface area contributed by atoms with E-state index >= 15 is 0 Å². The minimum atomic E-state index is -1.47. The van der Waals surface area contributed by atoms with Crippen LogP contribution in [0.2, 0.25) is 0 Å². The quantitative estimate of drug-likeness (QED) is 0.311. The molecular formula is C29H31F2N3O7. The highest BCUT2D eigenvalue weighted by atomic mass is 19.1. The van der Waals surface area contributed by atoms with Gasteiger partial charge in [0, 0.05) is 32.0 Å². The number of esters is 2. The molecule has 1 heterocycles. The molecule has 1 saturated heterocycles. The largest absolute Gasteiger partial charge is 0.467 e. The zero-order valence-electron chi connectivity index (χ0n) is 22.6. The van der Waals surface area contributed by atoms with Crippen LogP contribution in [0.1, 0.15) is 30.9 Å². The Labute approximate surface area is 235 Å². The Kier molecular flexibility index (Phi) is 11.1. The highest BCUT2D eigenvalue weighted by Gasteiger charge is 2.35. The van der Waals surface area contributed by atoms with E-state index in [0.717, 1.165) is 19.2 Å². The summed E-state index contributed by atoms with van der Waals surface area (Å²) in [5.74, 6) is -5.30. The molecule has 3 atom stereocenters.